The molecular formula is C17H19N5O2S. The molecule has 1 unspecified atom stereocenters. The lowest BCUT2D eigenvalue weighted by Gasteiger charge is -2.26. The van der Waals surface area contributed by atoms with Crippen molar-refractivity contribution < 1.29 is 9.53 Å². The lowest BCUT2D eigenvalue weighted by atomic mass is 10.1. The standard InChI is InChI=1S/C17H19N5O2S/c1-19-16(23)22(11-4-7-21(10-11)8-6-18)17-20-15-12-5-9-24-13(12)2-3-14(15)25-17/h2-3,11H,4-5,7-10H2,1H3,(H,19,23). The molecule has 2 aliphatic rings. The number of rotatable bonds is 3. The third-order valence-electron chi connectivity index (χ3n) is 4.77. The number of aromatic nitrogens is 1. The van der Waals surface area contributed by atoms with Crippen LogP contribution in [0.2, 0.25) is 0 Å². The van der Waals surface area contributed by atoms with Crippen LogP contribution in [-0.4, -0.2) is 55.2 Å². The Morgan fingerprint density at radius 2 is 2.48 bits per heavy atom. The zero-order valence-corrected chi connectivity index (χ0v) is 14.8. The number of anilines is 1. The molecule has 2 aromatic rings. The van der Waals surface area contributed by atoms with Crippen molar-refractivity contribution in [1.29, 1.82) is 5.26 Å². The number of carbonyl (C=O) groups excluding carboxylic acids is 1. The minimum atomic E-state index is -0.157. The third-order valence-corrected chi connectivity index (χ3v) is 5.79. The summed E-state index contributed by atoms with van der Waals surface area (Å²) in [5.74, 6) is 0.900. The van der Waals surface area contributed by atoms with Gasteiger partial charge in [-0.2, -0.15) is 5.26 Å². The van der Waals surface area contributed by atoms with Gasteiger partial charge in [0.2, 0.25) is 0 Å². The molecule has 0 bridgehead atoms. The smallest absolute Gasteiger partial charge is 0.323 e. The van der Waals surface area contributed by atoms with E-state index in [2.05, 4.69) is 16.3 Å². The summed E-state index contributed by atoms with van der Waals surface area (Å²) in [6, 6.07) is 6.05. The minimum absolute atomic E-state index is 0.0261. The van der Waals surface area contributed by atoms with Gasteiger partial charge in [0.1, 0.15) is 5.75 Å². The summed E-state index contributed by atoms with van der Waals surface area (Å²) < 4.78 is 6.69. The number of nitriles is 1. The Labute approximate surface area is 149 Å². The molecule has 1 fully saturated rings. The largest absolute Gasteiger partial charge is 0.493 e. The van der Waals surface area contributed by atoms with Crippen molar-refractivity contribution in [1.82, 2.24) is 15.2 Å². The van der Waals surface area contributed by atoms with Gasteiger partial charge in [-0.3, -0.25) is 9.80 Å². The first-order chi connectivity index (χ1) is 12.2. The number of amides is 2. The highest BCUT2D eigenvalue weighted by Gasteiger charge is 2.33. The molecule has 1 saturated heterocycles. The number of nitrogens with one attached hydrogen (secondary N) is 1. The van der Waals surface area contributed by atoms with E-state index in [0.717, 1.165) is 40.9 Å². The quantitative estimate of drug-likeness (QED) is 0.850. The first-order valence-electron chi connectivity index (χ1n) is 8.36. The van der Waals surface area contributed by atoms with E-state index in [1.54, 1.807) is 11.9 Å². The Balaban J connectivity index is 1.70. The number of fused-ring (bicyclic) bond motifs is 3. The lowest BCUT2D eigenvalue weighted by molar-refractivity contribution is 0.245. The molecule has 1 aromatic carbocycles. The number of thiazole rings is 1. The topological polar surface area (TPSA) is 81.5 Å². The van der Waals surface area contributed by atoms with E-state index < -0.39 is 0 Å². The molecule has 0 saturated carbocycles. The highest BCUT2D eigenvalue weighted by molar-refractivity contribution is 7.22. The van der Waals surface area contributed by atoms with Crippen LogP contribution in [0.4, 0.5) is 9.93 Å². The Morgan fingerprint density at radius 3 is 3.28 bits per heavy atom. The van der Waals surface area contributed by atoms with Gasteiger partial charge >= 0.3 is 6.03 Å². The molecule has 0 spiro atoms. The molecule has 0 radical (unpaired) electrons. The van der Waals surface area contributed by atoms with E-state index in [0.29, 0.717) is 24.8 Å². The van der Waals surface area contributed by atoms with Crippen LogP contribution in [0.5, 0.6) is 5.75 Å². The predicted molar refractivity (Wildman–Crippen MR) is 96.2 cm³/mol. The van der Waals surface area contributed by atoms with Gasteiger partial charge in [0.05, 0.1) is 35.5 Å². The zero-order chi connectivity index (χ0) is 17.4. The van der Waals surface area contributed by atoms with Crippen LogP contribution in [-0.2, 0) is 6.42 Å². The summed E-state index contributed by atoms with van der Waals surface area (Å²) in [7, 11) is 1.64. The molecule has 1 aromatic heterocycles. The average molecular weight is 357 g/mol. The summed E-state index contributed by atoms with van der Waals surface area (Å²) in [5, 5.41) is 12.3. The molecule has 3 heterocycles. The molecule has 130 valence electrons. The maximum atomic E-state index is 12.5. The Kier molecular flexibility index (Phi) is 4.19. The molecular weight excluding hydrogens is 338 g/mol. The van der Waals surface area contributed by atoms with Gasteiger partial charge in [-0.05, 0) is 18.6 Å². The maximum absolute atomic E-state index is 12.5. The number of carbonyl (C=O) groups is 1. The van der Waals surface area contributed by atoms with Gasteiger partial charge in [0.15, 0.2) is 5.13 Å². The van der Waals surface area contributed by atoms with Crippen molar-refractivity contribution in [2.45, 2.75) is 18.9 Å². The number of likely N-dealkylation sites (tertiary alicyclic amines) is 1. The van der Waals surface area contributed by atoms with Crippen molar-refractivity contribution in [3.8, 4) is 11.8 Å². The van der Waals surface area contributed by atoms with E-state index in [1.165, 1.54) is 11.3 Å². The summed E-state index contributed by atoms with van der Waals surface area (Å²) in [5.41, 5.74) is 2.07. The van der Waals surface area contributed by atoms with E-state index in [-0.39, 0.29) is 12.1 Å². The van der Waals surface area contributed by atoms with Crippen LogP contribution in [0.25, 0.3) is 10.2 Å². The van der Waals surface area contributed by atoms with Crippen molar-refractivity contribution in [3.63, 3.8) is 0 Å². The first kappa shape index (κ1) is 16.1. The molecule has 0 aliphatic carbocycles. The second kappa shape index (κ2) is 6.50. The number of urea groups is 1. The fraction of sp³-hybridized carbons (Fsp3) is 0.471. The Hall–Kier alpha value is -2.37. The fourth-order valence-electron chi connectivity index (χ4n) is 3.56. The van der Waals surface area contributed by atoms with E-state index >= 15 is 0 Å². The van der Waals surface area contributed by atoms with Gasteiger partial charge in [-0.1, -0.05) is 11.3 Å². The van der Waals surface area contributed by atoms with Crippen molar-refractivity contribution in [3.05, 3.63) is 17.7 Å². The van der Waals surface area contributed by atoms with Crippen LogP contribution in [0.15, 0.2) is 12.1 Å². The maximum Gasteiger partial charge on any atom is 0.323 e. The molecule has 25 heavy (non-hydrogen) atoms. The van der Waals surface area contributed by atoms with Gasteiger partial charge in [0, 0.05) is 32.1 Å². The molecule has 1 N–H and O–H groups in total. The minimum Gasteiger partial charge on any atom is -0.493 e. The number of hydrogen-bond donors (Lipinski definition) is 1. The van der Waals surface area contributed by atoms with Gasteiger partial charge in [0.25, 0.3) is 0 Å². The monoisotopic (exact) mass is 357 g/mol. The number of nitrogens with zero attached hydrogens (tertiary/aromatic N) is 4. The van der Waals surface area contributed by atoms with Crippen molar-refractivity contribution >= 4 is 32.7 Å². The highest BCUT2D eigenvalue weighted by Crippen LogP contribution is 2.38. The summed E-state index contributed by atoms with van der Waals surface area (Å²) >= 11 is 1.53. The van der Waals surface area contributed by atoms with Crippen LogP contribution >= 0.6 is 11.3 Å². The normalized spacial score (nSPS) is 19.4. The molecule has 4 rings (SSSR count). The number of ether oxygens (including phenoxy) is 1. The summed E-state index contributed by atoms with van der Waals surface area (Å²) in [6.07, 6.45) is 1.70. The van der Waals surface area contributed by atoms with Crippen LogP contribution < -0.4 is 15.0 Å². The molecule has 2 aliphatic heterocycles. The average Bonchev–Trinajstić information content (AvgIpc) is 3.33. The molecule has 7 nitrogen and oxygen atoms in total. The van der Waals surface area contributed by atoms with E-state index in [9.17, 15) is 4.79 Å². The van der Waals surface area contributed by atoms with E-state index in [1.807, 2.05) is 12.1 Å². The van der Waals surface area contributed by atoms with Gasteiger partial charge in [-0.15, -0.1) is 0 Å². The van der Waals surface area contributed by atoms with E-state index in [4.69, 9.17) is 15.0 Å². The zero-order valence-electron chi connectivity index (χ0n) is 14.0. The number of benzene rings is 1. The van der Waals surface area contributed by atoms with Gasteiger partial charge < -0.3 is 10.1 Å². The van der Waals surface area contributed by atoms with Crippen molar-refractivity contribution in [2.24, 2.45) is 0 Å². The molecule has 2 amide bonds. The highest BCUT2D eigenvalue weighted by atomic mass is 32.1. The second-order valence-electron chi connectivity index (χ2n) is 6.24. The summed E-state index contributed by atoms with van der Waals surface area (Å²) in [6.45, 7) is 2.59. The molecule has 8 heteroatoms. The Morgan fingerprint density at radius 1 is 1.60 bits per heavy atom. The fourth-order valence-corrected chi connectivity index (χ4v) is 4.62. The Bertz CT molecular complexity index is 859. The molecule has 1 atom stereocenters. The summed E-state index contributed by atoms with van der Waals surface area (Å²) in [4.78, 5) is 21.2. The van der Waals surface area contributed by atoms with Crippen LogP contribution in [0.1, 0.15) is 12.0 Å². The number of hydrogen-bond acceptors (Lipinski definition) is 6. The first-order valence-corrected chi connectivity index (χ1v) is 9.18. The van der Waals surface area contributed by atoms with Crippen LogP contribution in [0.3, 0.4) is 0 Å². The lowest BCUT2D eigenvalue weighted by Crippen LogP contribution is -2.46. The predicted octanol–water partition coefficient (Wildman–Crippen LogP) is 1.97. The van der Waals surface area contributed by atoms with Gasteiger partial charge in [-0.25, -0.2) is 9.78 Å². The SMILES string of the molecule is CNC(=O)N(c1nc2c3c(ccc2s1)OCC3)C1CCN(CC#N)C1. The second-order valence-corrected chi connectivity index (χ2v) is 7.25. The third kappa shape index (κ3) is 2.79. The van der Waals surface area contributed by atoms with Crippen LogP contribution in [0, 0.1) is 11.3 Å². The van der Waals surface area contributed by atoms with Crippen molar-refractivity contribution in [2.75, 3.05) is 38.2 Å².